The third kappa shape index (κ3) is 3.65. The van der Waals surface area contributed by atoms with Crippen molar-refractivity contribution < 1.29 is 19.0 Å². The van der Waals surface area contributed by atoms with Gasteiger partial charge >= 0.3 is 5.97 Å². The third-order valence-corrected chi connectivity index (χ3v) is 3.55. The smallest absolute Gasteiger partial charge is 0.336 e. The van der Waals surface area contributed by atoms with Gasteiger partial charge in [0.25, 0.3) is 0 Å². The van der Waals surface area contributed by atoms with E-state index in [2.05, 4.69) is 15.9 Å². The Bertz CT molecular complexity index is 628. The fourth-order valence-electron chi connectivity index (χ4n) is 1.76. The lowest BCUT2D eigenvalue weighted by atomic mass is 10.1. The maximum absolute atomic E-state index is 13.0. The predicted octanol–water partition coefficient (Wildman–Crippen LogP) is 4.00. The van der Waals surface area contributed by atoms with Gasteiger partial charge in [-0.25, -0.2) is 9.18 Å². The molecule has 0 heterocycles. The average molecular weight is 339 g/mol. The highest BCUT2D eigenvalue weighted by Gasteiger charge is 2.11. The summed E-state index contributed by atoms with van der Waals surface area (Å²) in [5.74, 6) is -1.74. The van der Waals surface area contributed by atoms with Crippen LogP contribution in [0.15, 0.2) is 46.9 Å². The molecule has 104 valence electrons. The lowest BCUT2D eigenvalue weighted by Gasteiger charge is -2.09. The van der Waals surface area contributed by atoms with Crippen molar-refractivity contribution in [2.75, 3.05) is 0 Å². The Kier molecular flexibility index (Phi) is 4.87. The molecule has 20 heavy (non-hydrogen) atoms. The maximum Gasteiger partial charge on any atom is 0.336 e. The number of benzene rings is 2. The number of hydrogen-bond acceptors (Lipinski definition) is 2. The first-order chi connectivity index (χ1) is 9.58. The summed E-state index contributed by atoms with van der Waals surface area (Å²) in [6.45, 7) is 0.459. The van der Waals surface area contributed by atoms with Gasteiger partial charge in [0.05, 0.1) is 18.8 Å². The normalized spacial score (nSPS) is 10.5. The van der Waals surface area contributed by atoms with E-state index in [9.17, 15) is 9.18 Å². The Balaban J connectivity index is 2.05. The predicted molar refractivity (Wildman–Crippen MR) is 76.0 cm³/mol. The second-order valence-electron chi connectivity index (χ2n) is 4.19. The van der Waals surface area contributed by atoms with E-state index in [0.29, 0.717) is 12.2 Å². The van der Waals surface area contributed by atoms with Crippen LogP contribution in [0.1, 0.15) is 21.5 Å². The van der Waals surface area contributed by atoms with Gasteiger partial charge in [0.2, 0.25) is 0 Å². The second-order valence-corrected chi connectivity index (χ2v) is 5.05. The van der Waals surface area contributed by atoms with Crippen LogP contribution in [0.25, 0.3) is 0 Å². The van der Waals surface area contributed by atoms with Gasteiger partial charge in [-0.3, -0.25) is 0 Å². The van der Waals surface area contributed by atoms with Gasteiger partial charge in [0, 0.05) is 4.47 Å². The van der Waals surface area contributed by atoms with E-state index in [1.807, 2.05) is 24.3 Å². The summed E-state index contributed by atoms with van der Waals surface area (Å²) in [5.41, 5.74) is 1.34. The van der Waals surface area contributed by atoms with Crippen LogP contribution in [0.5, 0.6) is 0 Å². The minimum atomic E-state index is -1.16. The molecule has 0 atom stereocenters. The van der Waals surface area contributed by atoms with E-state index in [1.165, 1.54) is 12.1 Å². The first-order valence-electron chi connectivity index (χ1n) is 5.91. The molecule has 3 nitrogen and oxygen atoms in total. The molecule has 0 saturated heterocycles. The molecule has 2 aromatic rings. The highest BCUT2D eigenvalue weighted by molar-refractivity contribution is 9.10. The SMILES string of the molecule is O=C(O)c1cc(F)ccc1COCc1ccccc1Br. The largest absolute Gasteiger partial charge is 0.478 e. The Hall–Kier alpha value is -1.72. The van der Waals surface area contributed by atoms with Crippen molar-refractivity contribution in [3.05, 3.63) is 69.4 Å². The maximum atomic E-state index is 13.0. The molecule has 0 aliphatic carbocycles. The summed E-state index contributed by atoms with van der Waals surface area (Å²) < 4.78 is 19.5. The van der Waals surface area contributed by atoms with Crippen LogP contribution >= 0.6 is 15.9 Å². The number of rotatable bonds is 5. The van der Waals surface area contributed by atoms with Crippen molar-refractivity contribution in [1.29, 1.82) is 0 Å². The molecular formula is C15H12BrFO3. The Morgan fingerprint density at radius 3 is 2.55 bits per heavy atom. The van der Waals surface area contributed by atoms with Gasteiger partial charge in [0.15, 0.2) is 0 Å². The first-order valence-corrected chi connectivity index (χ1v) is 6.70. The van der Waals surface area contributed by atoms with E-state index in [1.54, 1.807) is 0 Å². The molecule has 0 aliphatic rings. The number of hydrogen-bond donors (Lipinski definition) is 1. The van der Waals surface area contributed by atoms with Crippen LogP contribution in [0.3, 0.4) is 0 Å². The van der Waals surface area contributed by atoms with Crippen LogP contribution in [0, 0.1) is 5.82 Å². The van der Waals surface area contributed by atoms with E-state index >= 15 is 0 Å². The molecule has 0 saturated carbocycles. The van der Waals surface area contributed by atoms with Crippen LogP contribution < -0.4 is 0 Å². The number of halogens is 2. The summed E-state index contributed by atoms with van der Waals surface area (Å²) >= 11 is 3.41. The van der Waals surface area contributed by atoms with E-state index < -0.39 is 11.8 Å². The van der Waals surface area contributed by atoms with Gasteiger partial charge in [0.1, 0.15) is 5.82 Å². The third-order valence-electron chi connectivity index (χ3n) is 2.78. The van der Waals surface area contributed by atoms with Crippen LogP contribution in [0.2, 0.25) is 0 Å². The van der Waals surface area contributed by atoms with Crippen LogP contribution in [-0.4, -0.2) is 11.1 Å². The van der Waals surface area contributed by atoms with Gasteiger partial charge in [-0.1, -0.05) is 40.2 Å². The van der Waals surface area contributed by atoms with Crippen LogP contribution in [-0.2, 0) is 18.0 Å². The molecule has 0 aromatic heterocycles. The van der Waals surface area contributed by atoms with Crippen molar-refractivity contribution in [2.45, 2.75) is 13.2 Å². The summed E-state index contributed by atoms with van der Waals surface area (Å²) in [4.78, 5) is 11.0. The molecule has 0 amide bonds. The monoisotopic (exact) mass is 338 g/mol. The zero-order chi connectivity index (χ0) is 14.5. The number of carbonyl (C=O) groups is 1. The molecule has 5 heteroatoms. The lowest BCUT2D eigenvalue weighted by Crippen LogP contribution is -2.05. The van der Waals surface area contributed by atoms with Crippen molar-refractivity contribution in [1.82, 2.24) is 0 Å². The van der Waals surface area contributed by atoms with E-state index in [0.717, 1.165) is 16.1 Å². The fourth-order valence-corrected chi connectivity index (χ4v) is 2.16. The standard InChI is InChI=1S/C15H12BrFO3/c16-14-4-2-1-3-11(14)9-20-8-10-5-6-12(17)7-13(10)15(18)19/h1-7H,8-9H2,(H,18,19). The molecule has 2 aromatic carbocycles. The Labute approximate surface area is 124 Å². The zero-order valence-corrected chi connectivity index (χ0v) is 12.1. The molecule has 0 unspecified atom stereocenters. The van der Waals surface area contributed by atoms with Gasteiger partial charge in [-0.2, -0.15) is 0 Å². The van der Waals surface area contributed by atoms with Gasteiger partial charge < -0.3 is 9.84 Å². The van der Waals surface area contributed by atoms with Crippen molar-refractivity contribution in [2.24, 2.45) is 0 Å². The molecule has 0 bridgehead atoms. The van der Waals surface area contributed by atoms with E-state index in [-0.39, 0.29) is 12.2 Å². The molecule has 0 fully saturated rings. The molecule has 0 aliphatic heterocycles. The second kappa shape index (κ2) is 6.63. The lowest BCUT2D eigenvalue weighted by molar-refractivity contribution is 0.0683. The van der Waals surface area contributed by atoms with Crippen molar-refractivity contribution in [3.63, 3.8) is 0 Å². The molecule has 1 N–H and O–H groups in total. The zero-order valence-electron chi connectivity index (χ0n) is 10.5. The van der Waals surface area contributed by atoms with Crippen molar-refractivity contribution in [3.8, 4) is 0 Å². The summed E-state index contributed by atoms with van der Waals surface area (Å²) in [6, 6.07) is 11.3. The number of carboxylic acid groups (broad SMARTS) is 1. The highest BCUT2D eigenvalue weighted by Crippen LogP contribution is 2.18. The molecular weight excluding hydrogens is 327 g/mol. The molecule has 2 rings (SSSR count). The van der Waals surface area contributed by atoms with Crippen LogP contribution in [0.4, 0.5) is 4.39 Å². The molecule has 0 radical (unpaired) electrons. The summed E-state index contributed by atoms with van der Waals surface area (Å²) in [6.07, 6.45) is 0. The minimum absolute atomic E-state index is 0.0721. The topological polar surface area (TPSA) is 46.5 Å². The Morgan fingerprint density at radius 1 is 1.15 bits per heavy atom. The fraction of sp³-hybridized carbons (Fsp3) is 0.133. The number of ether oxygens (including phenoxy) is 1. The quantitative estimate of drug-likeness (QED) is 0.896. The average Bonchev–Trinajstić information content (AvgIpc) is 2.42. The Morgan fingerprint density at radius 2 is 1.85 bits per heavy atom. The highest BCUT2D eigenvalue weighted by atomic mass is 79.9. The number of aromatic carboxylic acids is 1. The summed E-state index contributed by atoms with van der Waals surface area (Å²) in [7, 11) is 0. The van der Waals surface area contributed by atoms with Gasteiger partial charge in [-0.05, 0) is 29.3 Å². The van der Waals surface area contributed by atoms with E-state index in [4.69, 9.17) is 9.84 Å². The van der Waals surface area contributed by atoms with Crippen molar-refractivity contribution >= 4 is 21.9 Å². The molecule has 0 spiro atoms. The summed E-state index contributed by atoms with van der Waals surface area (Å²) in [5, 5.41) is 9.02. The van der Waals surface area contributed by atoms with Gasteiger partial charge in [-0.15, -0.1) is 0 Å². The first kappa shape index (κ1) is 14.7. The number of carboxylic acids is 1. The minimum Gasteiger partial charge on any atom is -0.478 e.